The number of nitrogens with zero attached hydrogens (tertiary/aromatic N) is 4. The van der Waals surface area contributed by atoms with Gasteiger partial charge < -0.3 is 9.64 Å². The minimum absolute atomic E-state index is 0.0170. The first kappa shape index (κ1) is 18.3. The molecule has 2 aromatic rings. The Morgan fingerprint density at radius 2 is 2.07 bits per heavy atom. The molecule has 0 amide bonds. The predicted octanol–water partition coefficient (Wildman–Crippen LogP) is 1.59. The number of rotatable bonds is 3. The van der Waals surface area contributed by atoms with Crippen LogP contribution in [0.5, 0.6) is 0 Å². The fourth-order valence-electron chi connectivity index (χ4n) is 3.75. The average Bonchev–Trinajstić information content (AvgIpc) is 3.07. The Bertz CT molecular complexity index is 941. The molecule has 2 saturated heterocycles. The fraction of sp³-hybridized carbons (Fsp3) is 0.444. The fourth-order valence-corrected chi connectivity index (χ4v) is 5.48. The van der Waals surface area contributed by atoms with Crippen LogP contribution in [-0.4, -0.2) is 61.1 Å². The Morgan fingerprint density at radius 3 is 2.85 bits per heavy atom. The molecule has 0 aliphatic carbocycles. The molecule has 1 spiro atoms. The minimum atomic E-state index is -3.79. The molecule has 2 aliphatic rings. The van der Waals surface area contributed by atoms with Crippen LogP contribution in [0.25, 0.3) is 0 Å². The summed E-state index contributed by atoms with van der Waals surface area (Å²) in [6.07, 6.45) is 5.62. The molecule has 9 heteroatoms. The second-order valence-corrected chi connectivity index (χ2v) is 8.92. The number of sulfonamides is 1. The topological polar surface area (TPSA) is 75.6 Å². The highest BCUT2D eigenvalue weighted by atomic mass is 32.2. The third kappa shape index (κ3) is 3.42. The first-order chi connectivity index (χ1) is 12.9. The zero-order chi connectivity index (χ0) is 19.1. The monoisotopic (exact) mass is 392 g/mol. The molecule has 4 rings (SSSR count). The van der Waals surface area contributed by atoms with Gasteiger partial charge in [-0.05, 0) is 31.0 Å². The summed E-state index contributed by atoms with van der Waals surface area (Å²) < 4.78 is 47.3. The van der Waals surface area contributed by atoms with Crippen molar-refractivity contribution in [2.24, 2.45) is 0 Å². The van der Waals surface area contributed by atoms with Crippen molar-refractivity contribution in [1.82, 2.24) is 14.3 Å². The molecule has 2 aliphatic heterocycles. The van der Waals surface area contributed by atoms with Crippen LogP contribution in [0.3, 0.4) is 0 Å². The van der Waals surface area contributed by atoms with Crippen LogP contribution in [0.15, 0.2) is 41.7 Å². The minimum Gasteiger partial charge on any atom is -0.370 e. The summed E-state index contributed by atoms with van der Waals surface area (Å²) >= 11 is 0. The molecule has 2 fully saturated rings. The Balaban J connectivity index is 1.57. The summed E-state index contributed by atoms with van der Waals surface area (Å²) in [4.78, 5) is 10.5. The largest absolute Gasteiger partial charge is 0.370 e. The molecule has 1 atom stereocenters. The van der Waals surface area contributed by atoms with E-state index < -0.39 is 21.4 Å². The molecule has 144 valence electrons. The lowest BCUT2D eigenvalue weighted by Crippen LogP contribution is -2.55. The summed E-state index contributed by atoms with van der Waals surface area (Å²) in [5, 5.41) is 0. The van der Waals surface area contributed by atoms with E-state index in [1.54, 1.807) is 25.5 Å². The number of morpholine rings is 1. The third-order valence-electron chi connectivity index (χ3n) is 5.17. The number of anilines is 1. The Hall–Kier alpha value is -2.10. The highest BCUT2D eigenvalue weighted by Crippen LogP contribution is 2.34. The molecule has 1 aromatic heterocycles. The van der Waals surface area contributed by atoms with Crippen molar-refractivity contribution in [3.8, 4) is 0 Å². The van der Waals surface area contributed by atoms with Gasteiger partial charge in [0.25, 0.3) is 0 Å². The number of aromatic nitrogens is 2. The van der Waals surface area contributed by atoms with Gasteiger partial charge in [-0.1, -0.05) is 6.07 Å². The Labute approximate surface area is 157 Å². The van der Waals surface area contributed by atoms with E-state index in [1.165, 1.54) is 16.4 Å². The Morgan fingerprint density at radius 1 is 1.22 bits per heavy atom. The van der Waals surface area contributed by atoms with Crippen molar-refractivity contribution in [3.63, 3.8) is 0 Å². The predicted molar refractivity (Wildman–Crippen MR) is 97.4 cm³/mol. The maximum atomic E-state index is 13.7. The van der Waals surface area contributed by atoms with Gasteiger partial charge in [-0.15, -0.1) is 0 Å². The van der Waals surface area contributed by atoms with E-state index in [-0.39, 0.29) is 18.0 Å². The molecule has 1 unspecified atom stereocenters. The number of benzene rings is 1. The molecule has 27 heavy (non-hydrogen) atoms. The van der Waals surface area contributed by atoms with E-state index in [9.17, 15) is 12.8 Å². The van der Waals surface area contributed by atoms with Crippen molar-refractivity contribution >= 4 is 15.8 Å². The smallest absolute Gasteiger partial charge is 0.243 e. The van der Waals surface area contributed by atoms with Crippen LogP contribution in [0.4, 0.5) is 10.2 Å². The van der Waals surface area contributed by atoms with Gasteiger partial charge in [0.1, 0.15) is 17.2 Å². The van der Waals surface area contributed by atoms with Crippen molar-refractivity contribution in [1.29, 1.82) is 0 Å². The van der Waals surface area contributed by atoms with E-state index in [1.807, 2.05) is 0 Å². The van der Waals surface area contributed by atoms with E-state index in [4.69, 9.17) is 4.74 Å². The molecule has 0 N–H and O–H groups in total. The molecule has 0 saturated carbocycles. The van der Waals surface area contributed by atoms with E-state index in [0.717, 1.165) is 11.9 Å². The lowest BCUT2D eigenvalue weighted by atomic mass is 10.0. The van der Waals surface area contributed by atoms with Gasteiger partial charge in [0.15, 0.2) is 0 Å². The van der Waals surface area contributed by atoms with Crippen molar-refractivity contribution in [2.75, 3.05) is 37.7 Å². The van der Waals surface area contributed by atoms with Crippen LogP contribution in [-0.2, 0) is 14.8 Å². The molecule has 0 radical (unpaired) electrons. The van der Waals surface area contributed by atoms with Gasteiger partial charge >= 0.3 is 0 Å². The zero-order valence-electron chi connectivity index (χ0n) is 15.0. The molecular formula is C18H21FN4O3S. The van der Waals surface area contributed by atoms with Gasteiger partial charge in [-0.3, -0.25) is 4.98 Å². The first-order valence-corrected chi connectivity index (χ1v) is 10.2. The average molecular weight is 392 g/mol. The maximum Gasteiger partial charge on any atom is 0.243 e. The van der Waals surface area contributed by atoms with Gasteiger partial charge in [0.05, 0.1) is 17.7 Å². The molecule has 3 heterocycles. The van der Waals surface area contributed by atoms with Gasteiger partial charge in [-0.25, -0.2) is 17.8 Å². The third-order valence-corrected chi connectivity index (χ3v) is 7.16. The molecule has 1 aromatic carbocycles. The maximum absolute atomic E-state index is 13.7. The normalized spacial score (nSPS) is 23.9. The van der Waals surface area contributed by atoms with E-state index in [2.05, 4.69) is 14.9 Å². The second-order valence-electron chi connectivity index (χ2n) is 7.02. The highest BCUT2D eigenvalue weighted by molar-refractivity contribution is 7.89. The van der Waals surface area contributed by atoms with E-state index >= 15 is 0 Å². The molecular weight excluding hydrogens is 371 g/mol. The molecule has 0 bridgehead atoms. The Kier molecular flexibility index (Phi) is 4.61. The highest BCUT2D eigenvalue weighted by Gasteiger charge is 2.46. The van der Waals surface area contributed by atoms with Crippen molar-refractivity contribution < 1.29 is 17.5 Å². The lowest BCUT2D eigenvalue weighted by Gasteiger charge is -2.39. The number of aryl methyl sites for hydroxylation is 1. The molecule has 7 nitrogen and oxygen atoms in total. The van der Waals surface area contributed by atoms with Crippen LogP contribution < -0.4 is 4.90 Å². The number of halogens is 1. The lowest BCUT2D eigenvalue weighted by molar-refractivity contribution is -0.0742. The van der Waals surface area contributed by atoms with Crippen molar-refractivity contribution in [2.45, 2.75) is 23.8 Å². The van der Waals surface area contributed by atoms with Gasteiger partial charge in [-0.2, -0.15) is 4.31 Å². The number of ether oxygens (including phenoxy) is 1. The summed E-state index contributed by atoms with van der Waals surface area (Å²) in [6.45, 7) is 3.73. The summed E-state index contributed by atoms with van der Waals surface area (Å²) in [5.41, 5.74) is -0.0612. The van der Waals surface area contributed by atoms with Crippen LogP contribution in [0, 0.1) is 12.7 Å². The van der Waals surface area contributed by atoms with Crippen LogP contribution in [0.1, 0.15) is 12.0 Å². The quantitative estimate of drug-likeness (QED) is 0.790. The second kappa shape index (κ2) is 6.81. The van der Waals surface area contributed by atoms with Gasteiger partial charge in [0, 0.05) is 38.6 Å². The summed E-state index contributed by atoms with van der Waals surface area (Å²) in [5.74, 6) is 0.191. The zero-order valence-corrected chi connectivity index (χ0v) is 15.8. The summed E-state index contributed by atoms with van der Waals surface area (Å²) in [6, 6.07) is 3.85. The standard InChI is InChI=1S/C18H21FN4O3S/c1-14-2-3-15(19)10-16(14)27(24,25)23-8-9-26-18(13-23)4-7-22(12-18)17-11-20-5-6-21-17/h2-3,5-6,10-11H,4,7-9,12-13H2,1H3. The first-order valence-electron chi connectivity index (χ1n) is 8.81. The van der Waals surface area contributed by atoms with Crippen LogP contribution in [0.2, 0.25) is 0 Å². The van der Waals surface area contributed by atoms with E-state index in [0.29, 0.717) is 31.7 Å². The van der Waals surface area contributed by atoms with Crippen LogP contribution >= 0.6 is 0 Å². The van der Waals surface area contributed by atoms with Gasteiger partial charge in [0.2, 0.25) is 10.0 Å². The summed E-state index contributed by atoms with van der Waals surface area (Å²) in [7, 11) is -3.79. The number of hydrogen-bond acceptors (Lipinski definition) is 6. The SMILES string of the molecule is Cc1ccc(F)cc1S(=O)(=O)N1CCOC2(CCN(c3cnccn3)C2)C1. The van der Waals surface area contributed by atoms with Crippen molar-refractivity contribution in [3.05, 3.63) is 48.2 Å². The number of hydrogen-bond donors (Lipinski definition) is 0.